The molecular weight excluding hydrogens is 288 g/mol. The second-order valence-corrected chi connectivity index (χ2v) is 4.51. The molecule has 0 saturated carbocycles. The zero-order chi connectivity index (χ0) is 11.4. The van der Waals surface area contributed by atoms with Crippen LogP contribution >= 0.6 is 27.5 Å². The summed E-state index contributed by atoms with van der Waals surface area (Å²) < 4.78 is 0.986. The third kappa shape index (κ3) is 3.15. The topological polar surface area (TPSA) is 24.7 Å². The van der Waals surface area contributed by atoms with Crippen molar-refractivity contribution in [2.75, 3.05) is 0 Å². The van der Waals surface area contributed by atoms with Crippen LogP contribution in [0.4, 0.5) is 11.4 Å². The molecule has 4 heteroatoms. The SMILES string of the molecule is Clc1ccc(N=Nc2cccc(Br)c2)cc1. The van der Waals surface area contributed by atoms with Crippen molar-refractivity contribution < 1.29 is 0 Å². The second kappa shape index (κ2) is 5.23. The highest BCUT2D eigenvalue weighted by Gasteiger charge is 1.92. The van der Waals surface area contributed by atoms with Crippen molar-refractivity contribution in [2.24, 2.45) is 10.2 Å². The maximum absolute atomic E-state index is 5.77. The van der Waals surface area contributed by atoms with Crippen molar-refractivity contribution in [3.63, 3.8) is 0 Å². The molecule has 0 aromatic heterocycles. The molecule has 80 valence electrons. The van der Waals surface area contributed by atoms with Crippen molar-refractivity contribution in [3.05, 3.63) is 58.0 Å². The summed E-state index contributed by atoms with van der Waals surface area (Å²) in [5.74, 6) is 0. The van der Waals surface area contributed by atoms with Gasteiger partial charge in [-0.1, -0.05) is 33.6 Å². The van der Waals surface area contributed by atoms with E-state index in [0.29, 0.717) is 5.02 Å². The lowest BCUT2D eigenvalue weighted by molar-refractivity contribution is 1.23. The van der Waals surface area contributed by atoms with Crippen molar-refractivity contribution in [3.8, 4) is 0 Å². The normalized spacial score (nSPS) is 10.9. The van der Waals surface area contributed by atoms with E-state index in [1.807, 2.05) is 36.4 Å². The van der Waals surface area contributed by atoms with Crippen LogP contribution in [0.15, 0.2) is 63.2 Å². The van der Waals surface area contributed by atoms with Gasteiger partial charge in [-0.2, -0.15) is 10.2 Å². The van der Waals surface area contributed by atoms with Crippen molar-refractivity contribution >= 4 is 38.9 Å². The summed E-state index contributed by atoms with van der Waals surface area (Å²) in [5, 5.41) is 8.92. The van der Waals surface area contributed by atoms with Crippen LogP contribution in [0.2, 0.25) is 5.02 Å². The Kier molecular flexibility index (Phi) is 3.70. The molecule has 0 aliphatic rings. The predicted molar refractivity (Wildman–Crippen MR) is 69.8 cm³/mol. The molecule has 0 aliphatic carbocycles. The van der Waals surface area contributed by atoms with E-state index in [4.69, 9.17) is 11.6 Å². The number of hydrogen-bond donors (Lipinski definition) is 0. The summed E-state index contributed by atoms with van der Waals surface area (Å²) in [6.07, 6.45) is 0. The number of benzene rings is 2. The Hall–Kier alpha value is -1.19. The van der Waals surface area contributed by atoms with Crippen LogP contribution in [0.25, 0.3) is 0 Å². The van der Waals surface area contributed by atoms with Gasteiger partial charge in [0.05, 0.1) is 11.4 Å². The molecule has 0 aliphatic heterocycles. The van der Waals surface area contributed by atoms with Gasteiger partial charge in [-0.3, -0.25) is 0 Å². The van der Waals surface area contributed by atoms with Gasteiger partial charge in [0.15, 0.2) is 0 Å². The maximum Gasteiger partial charge on any atom is 0.0868 e. The molecule has 0 atom stereocenters. The van der Waals surface area contributed by atoms with E-state index in [0.717, 1.165) is 15.8 Å². The van der Waals surface area contributed by atoms with E-state index in [2.05, 4.69) is 26.2 Å². The Bertz CT molecular complexity index is 509. The van der Waals surface area contributed by atoms with Gasteiger partial charge in [-0.25, -0.2) is 0 Å². The first-order valence-electron chi connectivity index (χ1n) is 4.67. The number of azo groups is 1. The molecule has 0 bridgehead atoms. The minimum atomic E-state index is 0.696. The largest absolute Gasteiger partial charge is 0.151 e. The van der Waals surface area contributed by atoms with Crippen LogP contribution in [0.3, 0.4) is 0 Å². The van der Waals surface area contributed by atoms with E-state index in [9.17, 15) is 0 Å². The minimum Gasteiger partial charge on any atom is -0.151 e. The maximum atomic E-state index is 5.77. The van der Waals surface area contributed by atoms with Gasteiger partial charge < -0.3 is 0 Å². The summed E-state index contributed by atoms with van der Waals surface area (Å²) in [5.41, 5.74) is 1.59. The number of rotatable bonds is 2. The molecule has 2 aromatic rings. The average molecular weight is 296 g/mol. The minimum absolute atomic E-state index is 0.696. The van der Waals surface area contributed by atoms with Crippen LogP contribution in [0.1, 0.15) is 0 Å². The molecular formula is C12H8BrClN2. The molecule has 2 rings (SSSR count). The van der Waals surface area contributed by atoms with Crippen molar-refractivity contribution in [1.29, 1.82) is 0 Å². The molecule has 0 saturated heterocycles. The van der Waals surface area contributed by atoms with E-state index in [1.165, 1.54) is 0 Å². The summed E-state index contributed by atoms with van der Waals surface area (Å²) in [7, 11) is 0. The molecule has 0 amide bonds. The number of hydrogen-bond acceptors (Lipinski definition) is 2. The molecule has 16 heavy (non-hydrogen) atoms. The Morgan fingerprint density at radius 2 is 1.56 bits per heavy atom. The lowest BCUT2D eigenvalue weighted by atomic mass is 10.3. The summed E-state index contributed by atoms with van der Waals surface area (Å²) >= 11 is 9.15. The molecule has 2 nitrogen and oxygen atoms in total. The Balaban J connectivity index is 2.18. The van der Waals surface area contributed by atoms with Gasteiger partial charge in [0, 0.05) is 9.50 Å². The highest BCUT2D eigenvalue weighted by Crippen LogP contribution is 2.22. The number of nitrogens with zero attached hydrogens (tertiary/aromatic N) is 2. The van der Waals surface area contributed by atoms with Gasteiger partial charge in [0.25, 0.3) is 0 Å². The van der Waals surface area contributed by atoms with Gasteiger partial charge in [-0.15, -0.1) is 0 Å². The quantitative estimate of drug-likeness (QED) is 0.652. The zero-order valence-corrected chi connectivity index (χ0v) is 10.6. The molecule has 0 heterocycles. The average Bonchev–Trinajstić information content (AvgIpc) is 2.28. The fourth-order valence-electron chi connectivity index (χ4n) is 1.16. The van der Waals surface area contributed by atoms with E-state index in [-0.39, 0.29) is 0 Å². The van der Waals surface area contributed by atoms with Crippen LogP contribution < -0.4 is 0 Å². The van der Waals surface area contributed by atoms with E-state index < -0.39 is 0 Å². The third-order valence-corrected chi connectivity index (χ3v) is 2.66. The summed E-state index contributed by atoms with van der Waals surface area (Å²) in [6.45, 7) is 0. The lowest BCUT2D eigenvalue weighted by Gasteiger charge is -1.94. The fourth-order valence-corrected chi connectivity index (χ4v) is 1.67. The first kappa shape index (κ1) is 11.3. The van der Waals surface area contributed by atoms with Crippen LogP contribution in [0.5, 0.6) is 0 Å². The molecule has 2 aromatic carbocycles. The molecule has 0 fully saturated rings. The van der Waals surface area contributed by atoms with Crippen LogP contribution in [0, 0.1) is 0 Å². The van der Waals surface area contributed by atoms with Crippen LogP contribution in [-0.4, -0.2) is 0 Å². The van der Waals surface area contributed by atoms with E-state index in [1.54, 1.807) is 12.1 Å². The lowest BCUT2D eigenvalue weighted by Crippen LogP contribution is -1.66. The first-order chi connectivity index (χ1) is 7.74. The third-order valence-electron chi connectivity index (χ3n) is 1.92. The molecule has 0 spiro atoms. The number of halogens is 2. The predicted octanol–water partition coefficient (Wildman–Crippen LogP) is 5.52. The Labute approximate surface area is 107 Å². The van der Waals surface area contributed by atoms with Crippen LogP contribution in [-0.2, 0) is 0 Å². The van der Waals surface area contributed by atoms with Gasteiger partial charge in [-0.05, 0) is 42.5 Å². The highest BCUT2D eigenvalue weighted by atomic mass is 79.9. The Morgan fingerprint density at radius 1 is 0.875 bits per heavy atom. The highest BCUT2D eigenvalue weighted by molar-refractivity contribution is 9.10. The van der Waals surface area contributed by atoms with E-state index >= 15 is 0 Å². The smallest absolute Gasteiger partial charge is 0.0868 e. The molecule has 0 N–H and O–H groups in total. The van der Waals surface area contributed by atoms with Crippen molar-refractivity contribution in [1.82, 2.24) is 0 Å². The zero-order valence-electron chi connectivity index (χ0n) is 8.27. The van der Waals surface area contributed by atoms with Gasteiger partial charge in [0.2, 0.25) is 0 Å². The standard InChI is InChI=1S/C12H8BrClN2/c13-9-2-1-3-12(8-9)16-15-11-6-4-10(14)5-7-11/h1-8H. The molecule has 0 radical (unpaired) electrons. The molecule has 0 unspecified atom stereocenters. The van der Waals surface area contributed by atoms with Crippen molar-refractivity contribution in [2.45, 2.75) is 0 Å². The second-order valence-electron chi connectivity index (χ2n) is 3.16. The first-order valence-corrected chi connectivity index (χ1v) is 5.84. The van der Waals surface area contributed by atoms with Gasteiger partial charge >= 0.3 is 0 Å². The summed E-state index contributed by atoms with van der Waals surface area (Å²) in [4.78, 5) is 0. The monoisotopic (exact) mass is 294 g/mol. The van der Waals surface area contributed by atoms with Gasteiger partial charge in [0.1, 0.15) is 0 Å². The fraction of sp³-hybridized carbons (Fsp3) is 0. The Morgan fingerprint density at radius 3 is 2.25 bits per heavy atom. The summed E-state index contributed by atoms with van der Waals surface area (Å²) in [6, 6.07) is 14.9.